The summed E-state index contributed by atoms with van der Waals surface area (Å²) in [6.07, 6.45) is 1.57. The van der Waals surface area contributed by atoms with Crippen LogP contribution >= 0.6 is 0 Å². The first kappa shape index (κ1) is 19.9. The van der Waals surface area contributed by atoms with E-state index < -0.39 is 0 Å². The quantitative estimate of drug-likeness (QED) is 0.465. The van der Waals surface area contributed by atoms with Crippen molar-refractivity contribution in [3.63, 3.8) is 0 Å². The van der Waals surface area contributed by atoms with Crippen LogP contribution in [0.2, 0.25) is 0 Å². The molecule has 3 aromatic rings. The molecule has 0 saturated carbocycles. The molecule has 0 saturated heterocycles. The minimum Gasteiger partial charge on any atom is -0.497 e. The summed E-state index contributed by atoms with van der Waals surface area (Å²) in [6.45, 7) is 0.508. The largest absolute Gasteiger partial charge is 0.497 e. The highest BCUT2D eigenvalue weighted by molar-refractivity contribution is 5.95. The molecule has 6 nitrogen and oxygen atoms in total. The Balaban J connectivity index is 1.55. The summed E-state index contributed by atoms with van der Waals surface area (Å²) < 4.78 is 16.1. The molecule has 0 aliphatic rings. The molecular weight excluding hydrogens is 368 g/mol. The first-order valence-electron chi connectivity index (χ1n) is 9.01. The lowest BCUT2D eigenvalue weighted by Crippen LogP contribution is -2.17. The van der Waals surface area contributed by atoms with Crippen molar-refractivity contribution in [2.24, 2.45) is 5.10 Å². The first-order valence-corrected chi connectivity index (χ1v) is 9.01. The molecule has 0 unspecified atom stereocenters. The monoisotopic (exact) mass is 390 g/mol. The van der Waals surface area contributed by atoms with Crippen molar-refractivity contribution in [2.45, 2.75) is 6.61 Å². The third-order valence-corrected chi connectivity index (χ3v) is 4.12. The van der Waals surface area contributed by atoms with E-state index in [-0.39, 0.29) is 5.91 Å². The van der Waals surface area contributed by atoms with Crippen LogP contribution in [0.4, 0.5) is 0 Å². The molecule has 1 N–H and O–H groups in total. The van der Waals surface area contributed by atoms with Gasteiger partial charge in [0.1, 0.15) is 23.9 Å². The highest BCUT2D eigenvalue weighted by Crippen LogP contribution is 2.22. The first-order chi connectivity index (χ1) is 14.2. The molecule has 148 valence electrons. The van der Waals surface area contributed by atoms with E-state index in [1.54, 1.807) is 24.4 Å². The predicted molar refractivity (Wildman–Crippen MR) is 112 cm³/mol. The van der Waals surface area contributed by atoms with Gasteiger partial charge in [-0.05, 0) is 47.5 Å². The average molecular weight is 390 g/mol. The van der Waals surface area contributed by atoms with Crippen molar-refractivity contribution in [3.05, 3.63) is 89.5 Å². The summed E-state index contributed by atoms with van der Waals surface area (Å²) in [4.78, 5) is 12.3. The number of ether oxygens (including phenoxy) is 3. The molecule has 0 spiro atoms. The van der Waals surface area contributed by atoms with E-state index in [1.165, 1.54) is 14.2 Å². The zero-order valence-corrected chi connectivity index (χ0v) is 16.3. The van der Waals surface area contributed by atoms with Gasteiger partial charge in [0.25, 0.3) is 5.91 Å². The number of carbonyl (C=O) groups is 1. The van der Waals surface area contributed by atoms with E-state index in [9.17, 15) is 4.79 Å². The summed E-state index contributed by atoms with van der Waals surface area (Å²) in [7, 11) is 3.06. The fourth-order valence-corrected chi connectivity index (χ4v) is 2.56. The van der Waals surface area contributed by atoms with Gasteiger partial charge in [-0.1, -0.05) is 30.3 Å². The van der Waals surface area contributed by atoms with Gasteiger partial charge in [-0.3, -0.25) is 4.79 Å². The summed E-state index contributed by atoms with van der Waals surface area (Å²) in [6, 6.07) is 22.3. The van der Waals surface area contributed by atoms with Crippen LogP contribution in [0.1, 0.15) is 21.5 Å². The van der Waals surface area contributed by atoms with Crippen LogP contribution in [0.25, 0.3) is 0 Å². The van der Waals surface area contributed by atoms with Crippen molar-refractivity contribution in [2.75, 3.05) is 14.2 Å². The molecule has 0 fully saturated rings. The second-order valence-electron chi connectivity index (χ2n) is 6.14. The standard InChI is InChI=1S/C23H22N2O4/c1-27-21-12-19(13-22(14-21)28-2)23(26)25-24-15-17-8-10-20(11-9-17)29-16-18-6-4-3-5-7-18/h3-15H,16H2,1-2H3,(H,25,26)/b24-15-. The number of nitrogens with one attached hydrogen (secondary N) is 1. The van der Waals surface area contributed by atoms with E-state index in [4.69, 9.17) is 14.2 Å². The Bertz CT molecular complexity index is 948. The Labute approximate surface area is 169 Å². The van der Waals surface area contributed by atoms with Crippen LogP contribution in [0.3, 0.4) is 0 Å². The summed E-state index contributed by atoms with van der Waals surface area (Å²) >= 11 is 0. The number of rotatable bonds is 8. The van der Waals surface area contributed by atoms with Crippen molar-refractivity contribution in [1.29, 1.82) is 0 Å². The highest BCUT2D eigenvalue weighted by atomic mass is 16.5. The fourth-order valence-electron chi connectivity index (χ4n) is 2.56. The van der Waals surface area contributed by atoms with Gasteiger partial charge in [0.2, 0.25) is 0 Å². The number of hydrogen-bond donors (Lipinski definition) is 1. The lowest BCUT2D eigenvalue weighted by atomic mass is 10.2. The Morgan fingerprint density at radius 3 is 2.17 bits per heavy atom. The number of methoxy groups -OCH3 is 2. The Kier molecular flexibility index (Phi) is 6.84. The van der Waals surface area contributed by atoms with Crippen molar-refractivity contribution in [3.8, 4) is 17.2 Å². The van der Waals surface area contributed by atoms with E-state index in [0.29, 0.717) is 23.7 Å². The smallest absolute Gasteiger partial charge is 0.271 e. The predicted octanol–water partition coefficient (Wildman–Crippen LogP) is 4.05. The maximum Gasteiger partial charge on any atom is 0.271 e. The molecule has 0 atom stereocenters. The maximum absolute atomic E-state index is 12.3. The van der Waals surface area contributed by atoms with E-state index >= 15 is 0 Å². The Hall–Kier alpha value is -3.80. The van der Waals surface area contributed by atoms with Gasteiger partial charge >= 0.3 is 0 Å². The molecule has 3 rings (SSSR count). The lowest BCUT2D eigenvalue weighted by Gasteiger charge is -2.07. The SMILES string of the molecule is COc1cc(OC)cc(C(=O)N/N=C\c2ccc(OCc3ccccc3)cc2)c1. The van der Waals surface area contributed by atoms with E-state index in [2.05, 4.69) is 10.5 Å². The van der Waals surface area contributed by atoms with Crippen molar-refractivity contribution in [1.82, 2.24) is 5.43 Å². The number of nitrogens with zero attached hydrogens (tertiary/aromatic N) is 1. The highest BCUT2D eigenvalue weighted by Gasteiger charge is 2.09. The molecule has 0 bridgehead atoms. The van der Waals surface area contributed by atoms with Crippen LogP contribution in [0, 0.1) is 0 Å². The van der Waals surface area contributed by atoms with Gasteiger partial charge in [0.15, 0.2) is 0 Å². The van der Waals surface area contributed by atoms with Crippen LogP contribution in [-0.4, -0.2) is 26.3 Å². The molecule has 0 aromatic heterocycles. The third kappa shape index (κ3) is 5.84. The second-order valence-corrected chi connectivity index (χ2v) is 6.14. The lowest BCUT2D eigenvalue weighted by molar-refractivity contribution is 0.0954. The van der Waals surface area contributed by atoms with E-state index in [1.807, 2.05) is 54.6 Å². The average Bonchev–Trinajstić information content (AvgIpc) is 2.78. The number of amides is 1. The fraction of sp³-hybridized carbons (Fsp3) is 0.130. The topological polar surface area (TPSA) is 69.2 Å². The molecule has 29 heavy (non-hydrogen) atoms. The van der Waals surface area contributed by atoms with Crippen LogP contribution in [-0.2, 0) is 6.61 Å². The van der Waals surface area contributed by atoms with Crippen molar-refractivity contribution < 1.29 is 19.0 Å². The number of carbonyl (C=O) groups excluding carboxylic acids is 1. The molecule has 0 aliphatic carbocycles. The van der Waals surface area contributed by atoms with E-state index in [0.717, 1.165) is 16.9 Å². The number of hydrazone groups is 1. The number of hydrogen-bond acceptors (Lipinski definition) is 5. The summed E-state index contributed by atoms with van der Waals surface area (Å²) in [5.41, 5.74) is 4.83. The third-order valence-electron chi connectivity index (χ3n) is 4.12. The van der Waals surface area contributed by atoms with Crippen LogP contribution in [0.5, 0.6) is 17.2 Å². The molecular formula is C23H22N2O4. The Morgan fingerprint density at radius 2 is 1.55 bits per heavy atom. The Morgan fingerprint density at radius 1 is 0.897 bits per heavy atom. The van der Waals surface area contributed by atoms with Crippen molar-refractivity contribution >= 4 is 12.1 Å². The molecule has 0 aliphatic heterocycles. The van der Waals surface area contributed by atoms with Gasteiger partial charge in [0, 0.05) is 11.6 Å². The zero-order valence-electron chi connectivity index (χ0n) is 16.3. The van der Waals surface area contributed by atoms with Gasteiger partial charge in [-0.25, -0.2) is 5.43 Å². The molecule has 3 aromatic carbocycles. The second kappa shape index (κ2) is 9.94. The molecule has 0 radical (unpaired) electrons. The minimum absolute atomic E-state index is 0.360. The molecule has 6 heteroatoms. The van der Waals surface area contributed by atoms with Gasteiger partial charge in [0.05, 0.1) is 20.4 Å². The minimum atomic E-state index is -0.360. The number of benzene rings is 3. The normalized spacial score (nSPS) is 10.6. The summed E-state index contributed by atoms with van der Waals surface area (Å²) in [5.74, 6) is 1.47. The van der Waals surface area contributed by atoms with Crippen LogP contribution < -0.4 is 19.6 Å². The summed E-state index contributed by atoms with van der Waals surface area (Å²) in [5, 5.41) is 4.01. The van der Waals surface area contributed by atoms with Crippen LogP contribution in [0.15, 0.2) is 77.9 Å². The molecule has 0 heterocycles. The zero-order chi connectivity index (χ0) is 20.5. The maximum atomic E-state index is 12.3. The molecule has 1 amide bonds. The van der Waals surface area contributed by atoms with Gasteiger partial charge in [-0.2, -0.15) is 5.10 Å². The van der Waals surface area contributed by atoms with Gasteiger partial charge in [-0.15, -0.1) is 0 Å². The van der Waals surface area contributed by atoms with Gasteiger partial charge < -0.3 is 14.2 Å².